The van der Waals surface area contributed by atoms with Gasteiger partial charge in [0.25, 0.3) is 5.09 Å². The molecule has 31 heavy (non-hydrogen) atoms. The van der Waals surface area contributed by atoms with Crippen molar-refractivity contribution in [1.82, 2.24) is 4.98 Å². The molecule has 3 aromatic rings. The predicted molar refractivity (Wildman–Crippen MR) is 108 cm³/mol. The van der Waals surface area contributed by atoms with E-state index in [0.29, 0.717) is 43.4 Å². The second-order valence-corrected chi connectivity index (χ2v) is 11.4. The van der Waals surface area contributed by atoms with E-state index in [1.54, 1.807) is 30.3 Å². The fourth-order valence-corrected chi connectivity index (χ4v) is 7.24. The van der Waals surface area contributed by atoms with E-state index in [4.69, 9.17) is 4.42 Å². The van der Waals surface area contributed by atoms with Crippen LogP contribution in [0.25, 0.3) is 11.5 Å². The molecule has 2 aromatic carbocycles. The maximum absolute atomic E-state index is 13.7. The van der Waals surface area contributed by atoms with Gasteiger partial charge in [0.15, 0.2) is 11.6 Å². The minimum absolute atomic E-state index is 0.184. The van der Waals surface area contributed by atoms with Gasteiger partial charge in [0, 0.05) is 5.56 Å². The molecule has 0 N–H and O–H groups in total. The summed E-state index contributed by atoms with van der Waals surface area (Å²) in [5.74, 6) is -2.78. The molecule has 0 spiro atoms. The molecule has 1 aromatic heterocycles. The standard InChI is InChI=1S/C21H19F2NO5S2/c22-17-12-11-16(13-18(17)23)30(25,26)20-21(31(27,28)15-9-5-2-6-10-15)29-19(24-20)14-7-3-1-4-8-14/h1,3-4,7-8,11-13,15H,2,5-6,9-10H2. The van der Waals surface area contributed by atoms with Gasteiger partial charge in [0.05, 0.1) is 10.1 Å². The minimum atomic E-state index is -4.61. The van der Waals surface area contributed by atoms with Crippen molar-refractivity contribution in [1.29, 1.82) is 0 Å². The lowest BCUT2D eigenvalue weighted by Gasteiger charge is -2.20. The number of hydrogen-bond acceptors (Lipinski definition) is 6. The maximum atomic E-state index is 13.7. The van der Waals surface area contributed by atoms with Crippen molar-refractivity contribution in [2.24, 2.45) is 0 Å². The van der Waals surface area contributed by atoms with Crippen LogP contribution in [0.5, 0.6) is 0 Å². The molecule has 0 amide bonds. The number of nitrogens with zero attached hydrogens (tertiary/aromatic N) is 1. The SMILES string of the molecule is O=S(=O)(c1ccc(F)c(F)c1)c1nc(-c2ccccc2)oc1S(=O)(=O)C1CCCCC1. The van der Waals surface area contributed by atoms with Crippen LogP contribution in [0.3, 0.4) is 0 Å². The van der Waals surface area contributed by atoms with Crippen molar-refractivity contribution in [3.05, 3.63) is 60.2 Å². The van der Waals surface area contributed by atoms with Crippen molar-refractivity contribution in [3.8, 4) is 11.5 Å². The molecule has 0 aliphatic heterocycles. The first-order valence-corrected chi connectivity index (χ1v) is 12.7. The zero-order valence-electron chi connectivity index (χ0n) is 16.3. The summed E-state index contributed by atoms with van der Waals surface area (Å²) in [6.07, 6.45) is 3.07. The topological polar surface area (TPSA) is 94.3 Å². The molecule has 1 saturated carbocycles. The number of aromatic nitrogens is 1. The van der Waals surface area contributed by atoms with Gasteiger partial charge in [-0.1, -0.05) is 37.5 Å². The Hall–Kier alpha value is -2.59. The van der Waals surface area contributed by atoms with Crippen LogP contribution in [0.15, 0.2) is 68.0 Å². The molecular weight excluding hydrogens is 448 g/mol. The second-order valence-electron chi connectivity index (χ2n) is 7.36. The van der Waals surface area contributed by atoms with Crippen molar-refractivity contribution in [2.45, 2.75) is 52.4 Å². The van der Waals surface area contributed by atoms with E-state index in [0.717, 1.165) is 12.5 Å². The Morgan fingerprint density at radius 2 is 1.55 bits per heavy atom. The predicted octanol–water partition coefficient (Wildman–Crippen LogP) is 4.56. The lowest BCUT2D eigenvalue weighted by Crippen LogP contribution is -2.25. The molecule has 1 aliphatic rings. The number of rotatable bonds is 5. The summed E-state index contributed by atoms with van der Waals surface area (Å²) >= 11 is 0. The van der Waals surface area contributed by atoms with Gasteiger partial charge in [0.2, 0.25) is 30.6 Å². The molecular formula is C21H19F2NO5S2. The summed E-state index contributed by atoms with van der Waals surface area (Å²) in [5.41, 5.74) is 0.384. The molecule has 164 valence electrons. The fraction of sp³-hybridized carbons (Fsp3) is 0.286. The minimum Gasteiger partial charge on any atom is -0.423 e. The van der Waals surface area contributed by atoms with Gasteiger partial charge in [-0.3, -0.25) is 0 Å². The number of halogens is 2. The van der Waals surface area contributed by atoms with Gasteiger partial charge < -0.3 is 4.42 Å². The average molecular weight is 468 g/mol. The third-order valence-electron chi connectivity index (χ3n) is 5.29. The molecule has 4 rings (SSSR count). The molecule has 6 nitrogen and oxygen atoms in total. The van der Waals surface area contributed by atoms with E-state index < -0.39 is 51.6 Å². The Morgan fingerprint density at radius 3 is 2.19 bits per heavy atom. The van der Waals surface area contributed by atoms with E-state index in [9.17, 15) is 25.6 Å². The first kappa shape index (κ1) is 21.6. The van der Waals surface area contributed by atoms with Crippen LogP contribution in [-0.2, 0) is 19.7 Å². The normalized spacial score (nSPS) is 15.8. The van der Waals surface area contributed by atoms with Crippen LogP contribution in [0, 0.1) is 11.6 Å². The first-order valence-electron chi connectivity index (χ1n) is 9.71. The Balaban J connectivity index is 1.91. The molecule has 0 unspecified atom stereocenters. The van der Waals surface area contributed by atoms with Gasteiger partial charge in [-0.25, -0.2) is 25.6 Å². The fourth-order valence-electron chi connectivity index (χ4n) is 3.63. The summed E-state index contributed by atoms with van der Waals surface area (Å²) in [4.78, 5) is 3.38. The third-order valence-corrected chi connectivity index (χ3v) is 9.23. The van der Waals surface area contributed by atoms with Crippen LogP contribution in [0.2, 0.25) is 0 Å². The largest absolute Gasteiger partial charge is 0.423 e. The van der Waals surface area contributed by atoms with Crippen molar-refractivity contribution in [3.63, 3.8) is 0 Å². The second kappa shape index (κ2) is 8.16. The van der Waals surface area contributed by atoms with E-state index in [-0.39, 0.29) is 5.89 Å². The Kier molecular flexibility index (Phi) is 5.69. The smallest absolute Gasteiger partial charge is 0.258 e. The van der Waals surface area contributed by atoms with E-state index in [1.165, 1.54) is 0 Å². The van der Waals surface area contributed by atoms with Crippen molar-refractivity contribution >= 4 is 19.7 Å². The van der Waals surface area contributed by atoms with Gasteiger partial charge >= 0.3 is 0 Å². The quantitative estimate of drug-likeness (QED) is 0.511. The average Bonchev–Trinajstić information content (AvgIpc) is 3.24. The lowest BCUT2D eigenvalue weighted by atomic mass is 10.0. The maximum Gasteiger partial charge on any atom is 0.258 e. The Labute approximate surface area is 178 Å². The summed E-state index contributed by atoms with van der Waals surface area (Å²) in [6.45, 7) is 0. The molecule has 0 radical (unpaired) electrons. The van der Waals surface area contributed by atoms with E-state index in [1.807, 2.05) is 0 Å². The number of oxazole rings is 1. The monoisotopic (exact) mass is 467 g/mol. The van der Waals surface area contributed by atoms with Crippen LogP contribution < -0.4 is 0 Å². The zero-order valence-corrected chi connectivity index (χ0v) is 17.9. The van der Waals surface area contributed by atoms with Crippen molar-refractivity contribution in [2.75, 3.05) is 0 Å². The molecule has 0 saturated heterocycles. The van der Waals surface area contributed by atoms with Gasteiger partial charge in [-0.05, 0) is 43.2 Å². The summed E-state index contributed by atoms with van der Waals surface area (Å²) in [5, 5.41) is -2.37. The number of sulfone groups is 2. The molecule has 0 bridgehead atoms. The number of hydrogen-bond donors (Lipinski definition) is 0. The van der Waals surface area contributed by atoms with Crippen LogP contribution in [0.4, 0.5) is 8.78 Å². The van der Waals surface area contributed by atoms with Crippen LogP contribution >= 0.6 is 0 Å². The summed E-state index contributed by atoms with van der Waals surface area (Å²) in [6, 6.07) is 10.3. The Bertz CT molecular complexity index is 1310. The van der Waals surface area contributed by atoms with Gasteiger partial charge in [-0.2, -0.15) is 4.98 Å². The molecule has 10 heteroatoms. The van der Waals surface area contributed by atoms with Crippen LogP contribution in [-0.4, -0.2) is 27.1 Å². The van der Waals surface area contributed by atoms with E-state index in [2.05, 4.69) is 4.98 Å². The zero-order chi connectivity index (χ0) is 22.2. The highest BCUT2D eigenvalue weighted by molar-refractivity contribution is 7.94. The Morgan fingerprint density at radius 1 is 0.871 bits per heavy atom. The third kappa shape index (κ3) is 4.01. The molecule has 0 atom stereocenters. The summed E-state index contributed by atoms with van der Waals surface area (Å²) in [7, 11) is -8.77. The highest BCUT2D eigenvalue weighted by atomic mass is 32.2. The van der Waals surface area contributed by atoms with Crippen molar-refractivity contribution < 1.29 is 30.0 Å². The molecule has 1 heterocycles. The van der Waals surface area contributed by atoms with E-state index >= 15 is 0 Å². The first-order chi connectivity index (χ1) is 14.7. The highest BCUT2D eigenvalue weighted by Crippen LogP contribution is 2.36. The highest BCUT2D eigenvalue weighted by Gasteiger charge is 2.40. The van der Waals surface area contributed by atoms with Crippen LogP contribution in [0.1, 0.15) is 32.1 Å². The molecule has 1 aliphatic carbocycles. The van der Waals surface area contributed by atoms with Gasteiger partial charge in [-0.15, -0.1) is 0 Å². The lowest BCUT2D eigenvalue weighted by molar-refractivity contribution is 0.425. The molecule has 1 fully saturated rings. The number of benzene rings is 2. The summed E-state index contributed by atoms with van der Waals surface area (Å²) < 4.78 is 85.7. The van der Waals surface area contributed by atoms with Gasteiger partial charge in [0.1, 0.15) is 0 Å².